The van der Waals surface area contributed by atoms with Crippen LogP contribution < -0.4 is 19.7 Å². The molecule has 1 saturated heterocycles. The number of ether oxygens (including phenoxy) is 2. The number of aryl methyl sites for hydroxylation is 1. The zero-order chi connectivity index (χ0) is 21.2. The van der Waals surface area contributed by atoms with E-state index in [0.29, 0.717) is 24.3 Å². The second-order valence-electron chi connectivity index (χ2n) is 7.56. The van der Waals surface area contributed by atoms with E-state index in [2.05, 4.69) is 45.4 Å². The Morgan fingerprint density at radius 1 is 0.967 bits per heavy atom. The molecule has 162 valence electrons. The largest absolute Gasteiger partial charge is 0.493 e. The zero-order valence-corrected chi connectivity index (χ0v) is 18.1. The fraction of sp³-hybridized carbons (Fsp3) is 0.458. The molecule has 0 bridgehead atoms. The minimum Gasteiger partial charge on any atom is -0.493 e. The van der Waals surface area contributed by atoms with Crippen molar-refractivity contribution in [3.63, 3.8) is 0 Å². The number of carbonyl (C=O) groups excluding carboxylic acids is 1. The van der Waals surface area contributed by atoms with Crippen molar-refractivity contribution in [2.75, 3.05) is 58.4 Å². The van der Waals surface area contributed by atoms with Gasteiger partial charge in [0.05, 0.1) is 14.2 Å². The van der Waals surface area contributed by atoms with Crippen LogP contribution in [0.25, 0.3) is 0 Å². The van der Waals surface area contributed by atoms with Gasteiger partial charge in [-0.2, -0.15) is 0 Å². The predicted octanol–water partition coefficient (Wildman–Crippen LogP) is 2.96. The number of hydrogen-bond acceptors (Lipinski definition) is 5. The Bertz CT molecular complexity index is 790. The van der Waals surface area contributed by atoms with E-state index in [0.717, 1.165) is 51.3 Å². The number of carbonyl (C=O) groups is 1. The van der Waals surface area contributed by atoms with E-state index in [1.165, 1.54) is 5.69 Å². The Balaban J connectivity index is 1.29. The SMILES string of the molecule is COc1ccc(CCC(=O)NCCCN2CCN(c3ccccc3)CC2)cc1OC. The number of methoxy groups -OCH3 is 2. The Morgan fingerprint density at radius 2 is 1.70 bits per heavy atom. The average Bonchev–Trinajstić information content (AvgIpc) is 2.81. The molecule has 1 amide bonds. The summed E-state index contributed by atoms with van der Waals surface area (Å²) in [7, 11) is 3.24. The Morgan fingerprint density at radius 3 is 2.40 bits per heavy atom. The van der Waals surface area contributed by atoms with Crippen molar-refractivity contribution < 1.29 is 14.3 Å². The number of anilines is 1. The maximum atomic E-state index is 12.2. The van der Waals surface area contributed by atoms with Gasteiger partial charge in [-0.05, 0) is 49.2 Å². The van der Waals surface area contributed by atoms with Crippen molar-refractivity contribution in [3.05, 3.63) is 54.1 Å². The Labute approximate surface area is 179 Å². The van der Waals surface area contributed by atoms with Crippen LogP contribution in [0, 0.1) is 0 Å². The van der Waals surface area contributed by atoms with E-state index in [4.69, 9.17) is 9.47 Å². The number of para-hydroxylation sites is 1. The molecule has 30 heavy (non-hydrogen) atoms. The summed E-state index contributed by atoms with van der Waals surface area (Å²) in [4.78, 5) is 17.1. The fourth-order valence-corrected chi connectivity index (χ4v) is 3.78. The molecule has 0 saturated carbocycles. The van der Waals surface area contributed by atoms with Gasteiger partial charge in [0.2, 0.25) is 5.91 Å². The lowest BCUT2D eigenvalue weighted by molar-refractivity contribution is -0.121. The molecule has 0 unspecified atom stereocenters. The summed E-state index contributed by atoms with van der Waals surface area (Å²) in [6.45, 7) is 6.01. The van der Waals surface area contributed by atoms with Gasteiger partial charge < -0.3 is 19.7 Å². The summed E-state index contributed by atoms with van der Waals surface area (Å²) in [6.07, 6.45) is 2.15. The highest BCUT2D eigenvalue weighted by Crippen LogP contribution is 2.27. The highest BCUT2D eigenvalue weighted by atomic mass is 16.5. The van der Waals surface area contributed by atoms with Crippen molar-refractivity contribution in [2.24, 2.45) is 0 Å². The lowest BCUT2D eigenvalue weighted by Crippen LogP contribution is -2.47. The van der Waals surface area contributed by atoms with Crippen LogP contribution in [0.1, 0.15) is 18.4 Å². The third-order valence-electron chi connectivity index (χ3n) is 5.56. The quantitative estimate of drug-likeness (QED) is 0.609. The molecule has 2 aromatic rings. The summed E-state index contributed by atoms with van der Waals surface area (Å²) < 4.78 is 10.6. The minimum atomic E-state index is 0.0960. The maximum Gasteiger partial charge on any atom is 0.220 e. The van der Waals surface area contributed by atoms with E-state index >= 15 is 0 Å². The number of rotatable bonds is 10. The molecule has 6 heteroatoms. The molecule has 6 nitrogen and oxygen atoms in total. The van der Waals surface area contributed by atoms with E-state index in [1.54, 1.807) is 14.2 Å². The van der Waals surface area contributed by atoms with Crippen molar-refractivity contribution in [2.45, 2.75) is 19.3 Å². The number of nitrogens with zero attached hydrogens (tertiary/aromatic N) is 2. The fourth-order valence-electron chi connectivity index (χ4n) is 3.78. The predicted molar refractivity (Wildman–Crippen MR) is 121 cm³/mol. The number of hydrogen-bond donors (Lipinski definition) is 1. The smallest absolute Gasteiger partial charge is 0.220 e. The van der Waals surface area contributed by atoms with Crippen LogP contribution in [0.15, 0.2) is 48.5 Å². The molecule has 3 rings (SSSR count). The number of piperazine rings is 1. The summed E-state index contributed by atoms with van der Waals surface area (Å²) >= 11 is 0. The highest BCUT2D eigenvalue weighted by Gasteiger charge is 2.16. The summed E-state index contributed by atoms with van der Waals surface area (Å²) in [5.41, 5.74) is 2.37. The minimum absolute atomic E-state index is 0.0960. The van der Waals surface area contributed by atoms with Gasteiger partial charge in [-0.15, -0.1) is 0 Å². The first kappa shape index (κ1) is 22.0. The van der Waals surface area contributed by atoms with Crippen LogP contribution >= 0.6 is 0 Å². The van der Waals surface area contributed by atoms with Crippen LogP contribution in [-0.2, 0) is 11.2 Å². The maximum absolute atomic E-state index is 12.2. The first-order chi connectivity index (χ1) is 14.7. The molecule has 2 aromatic carbocycles. The molecule has 0 spiro atoms. The third kappa shape index (κ3) is 6.39. The highest BCUT2D eigenvalue weighted by molar-refractivity contribution is 5.76. The molecular formula is C24H33N3O3. The van der Waals surface area contributed by atoms with Gasteiger partial charge in [0.25, 0.3) is 0 Å². The van der Waals surface area contributed by atoms with Gasteiger partial charge >= 0.3 is 0 Å². The van der Waals surface area contributed by atoms with E-state index in [1.807, 2.05) is 18.2 Å². The lowest BCUT2D eigenvalue weighted by atomic mass is 10.1. The Hall–Kier alpha value is -2.73. The van der Waals surface area contributed by atoms with Crippen LogP contribution in [0.2, 0.25) is 0 Å². The van der Waals surface area contributed by atoms with Gasteiger partial charge in [-0.3, -0.25) is 9.69 Å². The molecule has 1 aliphatic heterocycles. The first-order valence-electron chi connectivity index (χ1n) is 10.7. The number of amides is 1. The molecule has 0 aromatic heterocycles. The van der Waals surface area contributed by atoms with Gasteiger partial charge in [0.15, 0.2) is 11.5 Å². The standard InChI is InChI=1S/C24H33N3O3/c1-29-22-11-9-20(19-23(22)30-2)10-12-24(28)25-13-6-14-26-15-17-27(18-16-26)21-7-4-3-5-8-21/h3-5,7-9,11,19H,6,10,12-18H2,1-2H3,(H,25,28). The van der Waals surface area contributed by atoms with Crippen LogP contribution in [0.4, 0.5) is 5.69 Å². The van der Waals surface area contributed by atoms with Gasteiger partial charge in [-0.25, -0.2) is 0 Å². The van der Waals surface area contributed by atoms with Crippen molar-refractivity contribution in [1.82, 2.24) is 10.2 Å². The molecule has 0 atom stereocenters. The van der Waals surface area contributed by atoms with Gasteiger partial charge in [0, 0.05) is 44.8 Å². The second-order valence-corrected chi connectivity index (χ2v) is 7.56. The first-order valence-corrected chi connectivity index (χ1v) is 10.7. The molecule has 1 aliphatic rings. The number of nitrogens with one attached hydrogen (secondary N) is 1. The summed E-state index contributed by atoms with van der Waals surface area (Å²) in [5, 5.41) is 3.05. The van der Waals surface area contributed by atoms with Crippen LogP contribution in [0.5, 0.6) is 11.5 Å². The molecule has 1 fully saturated rings. The van der Waals surface area contributed by atoms with Gasteiger partial charge in [-0.1, -0.05) is 24.3 Å². The van der Waals surface area contributed by atoms with Crippen LogP contribution in [0.3, 0.4) is 0 Å². The van der Waals surface area contributed by atoms with Crippen molar-refractivity contribution in [3.8, 4) is 11.5 Å². The topological polar surface area (TPSA) is 54.0 Å². The molecule has 1 N–H and O–H groups in total. The third-order valence-corrected chi connectivity index (χ3v) is 5.56. The summed E-state index contributed by atoms with van der Waals surface area (Å²) in [5.74, 6) is 1.50. The van der Waals surface area contributed by atoms with Gasteiger partial charge in [0.1, 0.15) is 0 Å². The molecule has 0 aliphatic carbocycles. The molecule has 1 heterocycles. The second kappa shape index (κ2) is 11.5. The Kier molecular flexibility index (Phi) is 8.39. The summed E-state index contributed by atoms with van der Waals surface area (Å²) in [6, 6.07) is 16.4. The normalized spacial score (nSPS) is 14.4. The lowest BCUT2D eigenvalue weighted by Gasteiger charge is -2.36. The molecular weight excluding hydrogens is 378 g/mol. The molecule has 0 radical (unpaired) electrons. The zero-order valence-electron chi connectivity index (χ0n) is 18.1. The monoisotopic (exact) mass is 411 g/mol. The van der Waals surface area contributed by atoms with E-state index in [9.17, 15) is 4.79 Å². The van der Waals surface area contributed by atoms with Crippen molar-refractivity contribution >= 4 is 11.6 Å². The van der Waals surface area contributed by atoms with Crippen LogP contribution in [-0.4, -0.2) is 64.3 Å². The average molecular weight is 412 g/mol. The van der Waals surface area contributed by atoms with E-state index in [-0.39, 0.29) is 5.91 Å². The van der Waals surface area contributed by atoms with Crippen molar-refractivity contribution in [1.29, 1.82) is 0 Å². The van der Waals surface area contributed by atoms with E-state index < -0.39 is 0 Å². The number of benzene rings is 2.